The van der Waals surface area contributed by atoms with E-state index in [0.717, 1.165) is 50.8 Å². The standard InChI is InChI=1S/C36H59N3Si/c1-4-5-11-17-30(2)18-14-19-31(3)20-16-29-40-35-23-15-28-37-36(35)34-27-26-33(38-39-34)22-13-10-8-6-7-9-12-21-32-24-25-32/h15,23,26-28,30-32H,4-14,16-22,24-25,29H2,1-3H3. The molecular weight excluding hydrogens is 503 g/mol. The maximum atomic E-state index is 4.71. The Morgan fingerprint density at radius 3 is 2.15 bits per heavy atom. The van der Waals surface area contributed by atoms with Gasteiger partial charge >= 0.3 is 0 Å². The lowest BCUT2D eigenvalue weighted by molar-refractivity contribution is 0.400. The van der Waals surface area contributed by atoms with Crippen molar-refractivity contribution in [3.63, 3.8) is 0 Å². The molecule has 1 aliphatic carbocycles. The third-order valence-corrected chi connectivity index (χ3v) is 10.3. The molecule has 0 spiro atoms. The summed E-state index contributed by atoms with van der Waals surface area (Å²) in [5, 5.41) is 10.5. The van der Waals surface area contributed by atoms with E-state index in [9.17, 15) is 0 Å². The minimum Gasteiger partial charge on any atom is -0.255 e. The Morgan fingerprint density at radius 2 is 1.45 bits per heavy atom. The minimum absolute atomic E-state index is 0.794. The molecule has 1 fully saturated rings. The second-order valence-corrected chi connectivity index (χ2v) is 14.4. The Labute approximate surface area is 250 Å². The van der Waals surface area contributed by atoms with Crippen molar-refractivity contribution in [2.24, 2.45) is 17.8 Å². The van der Waals surface area contributed by atoms with Gasteiger partial charge in [0.1, 0.15) is 5.69 Å². The molecule has 2 unspecified atom stereocenters. The van der Waals surface area contributed by atoms with Crippen molar-refractivity contribution >= 4 is 14.7 Å². The van der Waals surface area contributed by atoms with Crippen LogP contribution in [0.25, 0.3) is 11.4 Å². The summed E-state index contributed by atoms with van der Waals surface area (Å²) in [7, 11) is 0.794. The average molecular weight is 562 g/mol. The number of hydrogen-bond donors (Lipinski definition) is 0. The quantitative estimate of drug-likeness (QED) is 0.0945. The van der Waals surface area contributed by atoms with E-state index in [-0.39, 0.29) is 0 Å². The van der Waals surface area contributed by atoms with Gasteiger partial charge < -0.3 is 0 Å². The van der Waals surface area contributed by atoms with E-state index in [2.05, 4.69) is 55.2 Å². The van der Waals surface area contributed by atoms with Crippen LogP contribution in [-0.2, 0) is 6.42 Å². The highest BCUT2D eigenvalue weighted by atomic mass is 28.2. The summed E-state index contributed by atoms with van der Waals surface area (Å²) in [6.45, 7) is 7.20. The smallest absolute Gasteiger partial charge is 0.111 e. The number of rotatable bonds is 24. The van der Waals surface area contributed by atoms with Crippen molar-refractivity contribution in [3.8, 4) is 11.4 Å². The maximum Gasteiger partial charge on any atom is 0.111 e. The van der Waals surface area contributed by atoms with Gasteiger partial charge in [0.15, 0.2) is 0 Å². The van der Waals surface area contributed by atoms with Gasteiger partial charge in [-0.1, -0.05) is 148 Å². The van der Waals surface area contributed by atoms with E-state index in [1.54, 1.807) is 0 Å². The SMILES string of the molecule is CCCCCC(C)CCCC(C)CCC[Si]c1cccnc1-c1ccc(CCCCCCCCCC2CC2)nn1. The highest BCUT2D eigenvalue weighted by molar-refractivity contribution is 6.55. The molecule has 222 valence electrons. The van der Waals surface area contributed by atoms with Crippen molar-refractivity contribution in [1.82, 2.24) is 15.2 Å². The summed E-state index contributed by atoms with van der Waals surface area (Å²) in [6, 6.07) is 9.89. The van der Waals surface area contributed by atoms with E-state index >= 15 is 0 Å². The van der Waals surface area contributed by atoms with Crippen LogP contribution in [-0.4, -0.2) is 24.7 Å². The number of nitrogens with zero attached hydrogens (tertiary/aromatic N) is 3. The summed E-state index contributed by atoms with van der Waals surface area (Å²) in [6.07, 6.45) is 29.5. The first kappa shape index (κ1) is 33.0. The fraction of sp³-hybridized carbons (Fsp3) is 0.750. The van der Waals surface area contributed by atoms with Crippen molar-refractivity contribution in [2.75, 3.05) is 0 Å². The molecule has 40 heavy (non-hydrogen) atoms. The van der Waals surface area contributed by atoms with Crippen LogP contribution in [0.3, 0.4) is 0 Å². The third kappa shape index (κ3) is 14.4. The monoisotopic (exact) mass is 561 g/mol. The molecule has 0 amide bonds. The van der Waals surface area contributed by atoms with Gasteiger partial charge in [-0.2, -0.15) is 5.10 Å². The minimum atomic E-state index is 0.794. The molecule has 0 N–H and O–H groups in total. The van der Waals surface area contributed by atoms with Crippen molar-refractivity contribution in [1.29, 1.82) is 0 Å². The van der Waals surface area contributed by atoms with E-state index in [4.69, 9.17) is 4.98 Å². The van der Waals surface area contributed by atoms with E-state index < -0.39 is 0 Å². The fourth-order valence-electron chi connectivity index (χ4n) is 5.92. The second kappa shape index (κ2) is 20.3. The number of unbranched alkanes of at least 4 members (excludes halogenated alkanes) is 8. The first-order chi connectivity index (χ1) is 19.7. The highest BCUT2D eigenvalue weighted by Crippen LogP contribution is 2.34. The van der Waals surface area contributed by atoms with Crippen LogP contribution in [0, 0.1) is 17.8 Å². The van der Waals surface area contributed by atoms with Gasteiger partial charge in [0.05, 0.1) is 20.9 Å². The summed E-state index contributed by atoms with van der Waals surface area (Å²) in [5.41, 5.74) is 3.09. The van der Waals surface area contributed by atoms with E-state index in [1.165, 1.54) is 133 Å². The van der Waals surface area contributed by atoms with Gasteiger partial charge in [-0.3, -0.25) is 4.98 Å². The number of aryl methyl sites for hydroxylation is 1. The molecule has 4 heteroatoms. The van der Waals surface area contributed by atoms with Crippen LogP contribution in [0.1, 0.15) is 148 Å². The third-order valence-electron chi connectivity index (χ3n) is 8.90. The van der Waals surface area contributed by atoms with Gasteiger partial charge in [-0.15, -0.1) is 5.10 Å². The lowest BCUT2D eigenvalue weighted by atomic mass is 9.93. The Morgan fingerprint density at radius 1 is 0.750 bits per heavy atom. The van der Waals surface area contributed by atoms with Crippen LogP contribution in [0.2, 0.25) is 6.04 Å². The molecule has 1 aliphatic rings. The van der Waals surface area contributed by atoms with Gasteiger partial charge in [-0.05, 0) is 54.0 Å². The molecule has 2 aromatic rings. The summed E-state index contributed by atoms with van der Waals surface area (Å²) in [4.78, 5) is 4.71. The molecule has 0 saturated heterocycles. The van der Waals surface area contributed by atoms with Crippen LogP contribution >= 0.6 is 0 Å². The fourth-order valence-corrected chi connectivity index (χ4v) is 7.15. The lowest BCUT2D eigenvalue weighted by Crippen LogP contribution is -2.18. The molecule has 0 aromatic carbocycles. The number of pyridine rings is 1. The Kier molecular flexibility index (Phi) is 16.8. The highest BCUT2D eigenvalue weighted by Gasteiger charge is 2.19. The second-order valence-electron chi connectivity index (χ2n) is 13.0. The first-order valence-electron chi connectivity index (χ1n) is 17.2. The van der Waals surface area contributed by atoms with Gasteiger partial charge in [-0.25, -0.2) is 0 Å². The molecule has 0 bridgehead atoms. The van der Waals surface area contributed by atoms with Crippen LogP contribution < -0.4 is 5.19 Å². The largest absolute Gasteiger partial charge is 0.255 e. The topological polar surface area (TPSA) is 38.7 Å². The molecule has 2 atom stereocenters. The van der Waals surface area contributed by atoms with Crippen LogP contribution in [0.5, 0.6) is 0 Å². The number of aromatic nitrogens is 3. The average Bonchev–Trinajstić information content (AvgIpc) is 3.80. The zero-order chi connectivity index (χ0) is 28.3. The zero-order valence-corrected chi connectivity index (χ0v) is 27.3. The van der Waals surface area contributed by atoms with Crippen molar-refractivity contribution in [2.45, 2.75) is 155 Å². The Bertz CT molecular complexity index is 895. The molecule has 2 heterocycles. The van der Waals surface area contributed by atoms with Gasteiger partial charge in [0.25, 0.3) is 0 Å². The predicted molar refractivity (Wildman–Crippen MR) is 174 cm³/mol. The predicted octanol–water partition coefficient (Wildman–Crippen LogP) is 10.2. The van der Waals surface area contributed by atoms with Crippen LogP contribution in [0.4, 0.5) is 0 Å². The summed E-state index contributed by atoms with van der Waals surface area (Å²) >= 11 is 0. The number of hydrogen-bond acceptors (Lipinski definition) is 3. The Hall–Kier alpha value is -1.55. The lowest BCUT2D eigenvalue weighted by Gasteiger charge is -2.14. The molecule has 1 saturated carbocycles. The van der Waals surface area contributed by atoms with Crippen LogP contribution in [0.15, 0.2) is 30.5 Å². The van der Waals surface area contributed by atoms with Crippen molar-refractivity contribution in [3.05, 3.63) is 36.2 Å². The normalized spacial score (nSPS) is 14.9. The van der Waals surface area contributed by atoms with E-state index in [1.807, 2.05) is 6.20 Å². The van der Waals surface area contributed by atoms with Gasteiger partial charge in [0.2, 0.25) is 0 Å². The molecular formula is C36H59N3Si. The molecule has 3 nitrogen and oxygen atoms in total. The van der Waals surface area contributed by atoms with Gasteiger partial charge in [0, 0.05) is 6.20 Å². The first-order valence-corrected chi connectivity index (χ1v) is 18.4. The summed E-state index contributed by atoms with van der Waals surface area (Å²) in [5.74, 6) is 2.85. The molecule has 0 aliphatic heterocycles. The molecule has 2 radical (unpaired) electrons. The maximum absolute atomic E-state index is 4.71. The molecule has 3 rings (SSSR count). The van der Waals surface area contributed by atoms with E-state index in [0.29, 0.717) is 0 Å². The van der Waals surface area contributed by atoms with Crippen molar-refractivity contribution < 1.29 is 0 Å². The zero-order valence-electron chi connectivity index (χ0n) is 26.3. The molecule has 2 aromatic heterocycles. The Balaban J connectivity index is 1.28. The summed E-state index contributed by atoms with van der Waals surface area (Å²) < 4.78 is 0.